The molecule has 0 amide bonds. The molecule has 0 bridgehead atoms. The number of hydrogen-bond acceptors (Lipinski definition) is 6. The van der Waals surface area contributed by atoms with E-state index in [1.54, 1.807) is 0 Å². The number of hydrogen-bond donors (Lipinski definition) is 0. The molecule has 0 aliphatic carbocycles. The molecule has 6 nitrogen and oxygen atoms in total. The molecule has 0 saturated heterocycles. The van der Waals surface area contributed by atoms with E-state index in [4.69, 9.17) is 28.4 Å². The monoisotopic (exact) mass is 701 g/mol. The van der Waals surface area contributed by atoms with Crippen LogP contribution in [0.3, 0.4) is 0 Å². The van der Waals surface area contributed by atoms with Crippen LogP contribution in [0, 0.1) is 0 Å². The zero-order valence-electron chi connectivity index (χ0n) is 34.2. The van der Waals surface area contributed by atoms with Crippen LogP contribution >= 0.6 is 0 Å². The van der Waals surface area contributed by atoms with Gasteiger partial charge in [-0.25, -0.2) is 0 Å². The molecule has 0 aromatic rings. The molecule has 0 radical (unpaired) electrons. The minimum atomic E-state index is -0.823. The van der Waals surface area contributed by atoms with Gasteiger partial charge in [0, 0.05) is 12.8 Å². The van der Waals surface area contributed by atoms with E-state index in [1.807, 2.05) is 0 Å². The van der Waals surface area contributed by atoms with Gasteiger partial charge in [-0.15, -0.1) is 0 Å². The predicted octanol–water partition coefficient (Wildman–Crippen LogP) is 13.8. The zero-order valence-corrected chi connectivity index (χ0v) is 34.2. The Morgan fingerprint density at radius 1 is 0.224 bits per heavy atom. The van der Waals surface area contributed by atoms with Crippen molar-refractivity contribution in [2.45, 2.75) is 240 Å². The average Bonchev–Trinajstić information content (AvgIpc) is 3.12. The Hall–Kier alpha value is -0.240. The van der Waals surface area contributed by atoms with Gasteiger partial charge >= 0.3 is 0 Å². The predicted molar refractivity (Wildman–Crippen MR) is 209 cm³/mol. The van der Waals surface area contributed by atoms with Crippen LogP contribution in [0.1, 0.15) is 228 Å². The van der Waals surface area contributed by atoms with Gasteiger partial charge in [-0.2, -0.15) is 0 Å². The Kier molecular flexibility index (Phi) is 37.3. The molecule has 0 N–H and O–H groups in total. The smallest absolute Gasteiger partial charge is 0.282 e. The summed E-state index contributed by atoms with van der Waals surface area (Å²) >= 11 is 0. The molecular weight excluding hydrogens is 612 g/mol. The molecular formula is C43H88O6. The SMILES string of the molecule is CCCOC(CCCCCCCCCCCCCCCCCCCCCCCC(OCCC)(OCCC)OCCC)(OCCC)OCCC. The lowest BCUT2D eigenvalue weighted by Gasteiger charge is -2.33. The molecule has 0 spiro atoms. The van der Waals surface area contributed by atoms with Crippen molar-refractivity contribution in [1.29, 1.82) is 0 Å². The third-order valence-corrected chi connectivity index (χ3v) is 9.12. The average molecular weight is 701 g/mol. The summed E-state index contributed by atoms with van der Waals surface area (Å²) < 4.78 is 36.6. The Balaban J connectivity index is 3.68. The lowest BCUT2D eigenvalue weighted by molar-refractivity contribution is -0.384. The highest BCUT2D eigenvalue weighted by Crippen LogP contribution is 2.27. The van der Waals surface area contributed by atoms with Gasteiger partial charge in [-0.05, 0) is 51.4 Å². The minimum Gasteiger partial charge on any atom is -0.327 e. The van der Waals surface area contributed by atoms with E-state index >= 15 is 0 Å². The van der Waals surface area contributed by atoms with Crippen molar-refractivity contribution < 1.29 is 28.4 Å². The van der Waals surface area contributed by atoms with Crippen molar-refractivity contribution in [2.75, 3.05) is 39.6 Å². The van der Waals surface area contributed by atoms with Crippen LogP contribution in [0.15, 0.2) is 0 Å². The Morgan fingerprint density at radius 3 is 0.510 bits per heavy atom. The fourth-order valence-electron chi connectivity index (χ4n) is 6.27. The molecule has 0 fully saturated rings. The second kappa shape index (κ2) is 37.5. The highest BCUT2D eigenvalue weighted by atomic mass is 16.9. The maximum absolute atomic E-state index is 6.11. The number of ether oxygens (including phenoxy) is 6. The number of unbranched alkanes of at least 4 members (excludes halogenated alkanes) is 20. The topological polar surface area (TPSA) is 55.4 Å². The fourth-order valence-corrected chi connectivity index (χ4v) is 6.27. The second-order valence-corrected chi connectivity index (χ2v) is 14.4. The summed E-state index contributed by atoms with van der Waals surface area (Å²) in [6.45, 7) is 17.0. The van der Waals surface area contributed by atoms with E-state index in [1.165, 1.54) is 122 Å². The van der Waals surface area contributed by atoms with E-state index < -0.39 is 11.9 Å². The zero-order chi connectivity index (χ0) is 36.0. The first-order valence-electron chi connectivity index (χ1n) is 21.9. The third kappa shape index (κ3) is 30.0. The van der Waals surface area contributed by atoms with Gasteiger partial charge in [0.15, 0.2) is 0 Å². The van der Waals surface area contributed by atoms with Crippen molar-refractivity contribution in [3.63, 3.8) is 0 Å². The molecule has 0 saturated carbocycles. The Labute approximate surface area is 307 Å². The molecule has 6 heteroatoms. The molecule has 0 aliphatic rings. The Bertz CT molecular complexity index is 534. The highest BCUT2D eigenvalue weighted by Gasteiger charge is 2.33. The Morgan fingerprint density at radius 2 is 0.367 bits per heavy atom. The van der Waals surface area contributed by atoms with Gasteiger partial charge < -0.3 is 28.4 Å². The van der Waals surface area contributed by atoms with E-state index in [2.05, 4.69) is 41.5 Å². The molecule has 0 heterocycles. The van der Waals surface area contributed by atoms with Gasteiger partial charge in [0.05, 0.1) is 39.6 Å². The fraction of sp³-hybridized carbons (Fsp3) is 1.00. The van der Waals surface area contributed by atoms with Crippen molar-refractivity contribution in [3.8, 4) is 0 Å². The quantitative estimate of drug-likeness (QED) is 0.0467. The van der Waals surface area contributed by atoms with Gasteiger partial charge in [0.25, 0.3) is 11.9 Å². The molecule has 0 aromatic carbocycles. The maximum atomic E-state index is 6.11. The van der Waals surface area contributed by atoms with Crippen LogP contribution in [-0.4, -0.2) is 51.6 Å². The van der Waals surface area contributed by atoms with Gasteiger partial charge in [-0.1, -0.05) is 164 Å². The van der Waals surface area contributed by atoms with E-state index in [0.717, 1.165) is 64.2 Å². The largest absolute Gasteiger partial charge is 0.327 e. The molecule has 0 atom stereocenters. The van der Waals surface area contributed by atoms with Gasteiger partial charge in [-0.3, -0.25) is 0 Å². The summed E-state index contributed by atoms with van der Waals surface area (Å²) in [5.74, 6) is -1.65. The summed E-state index contributed by atoms with van der Waals surface area (Å²) in [6, 6.07) is 0. The lowest BCUT2D eigenvalue weighted by atomic mass is 10.0. The van der Waals surface area contributed by atoms with Crippen LogP contribution in [0.4, 0.5) is 0 Å². The first kappa shape index (κ1) is 48.8. The lowest BCUT2D eigenvalue weighted by Crippen LogP contribution is -2.40. The molecule has 49 heavy (non-hydrogen) atoms. The van der Waals surface area contributed by atoms with E-state index in [-0.39, 0.29) is 0 Å². The highest BCUT2D eigenvalue weighted by molar-refractivity contribution is 4.62. The van der Waals surface area contributed by atoms with Crippen molar-refractivity contribution in [2.24, 2.45) is 0 Å². The first-order chi connectivity index (χ1) is 24.1. The van der Waals surface area contributed by atoms with E-state index in [0.29, 0.717) is 39.6 Å². The molecule has 0 aliphatic heterocycles. The van der Waals surface area contributed by atoms with Gasteiger partial charge in [0.2, 0.25) is 0 Å². The summed E-state index contributed by atoms with van der Waals surface area (Å²) in [5, 5.41) is 0. The minimum absolute atomic E-state index is 0.693. The van der Waals surface area contributed by atoms with Crippen molar-refractivity contribution in [3.05, 3.63) is 0 Å². The molecule has 0 aromatic heterocycles. The first-order valence-corrected chi connectivity index (χ1v) is 21.9. The normalized spacial score (nSPS) is 12.4. The van der Waals surface area contributed by atoms with Crippen LogP contribution in [-0.2, 0) is 28.4 Å². The van der Waals surface area contributed by atoms with Crippen molar-refractivity contribution in [1.82, 2.24) is 0 Å². The molecule has 296 valence electrons. The van der Waals surface area contributed by atoms with Gasteiger partial charge in [0.1, 0.15) is 0 Å². The summed E-state index contributed by atoms with van der Waals surface area (Å²) in [5.41, 5.74) is 0. The second-order valence-electron chi connectivity index (χ2n) is 14.4. The van der Waals surface area contributed by atoms with Crippen LogP contribution in [0.5, 0.6) is 0 Å². The van der Waals surface area contributed by atoms with Crippen LogP contribution in [0.25, 0.3) is 0 Å². The van der Waals surface area contributed by atoms with Crippen molar-refractivity contribution >= 4 is 0 Å². The maximum Gasteiger partial charge on any atom is 0.282 e. The summed E-state index contributed by atoms with van der Waals surface area (Å²) in [6.07, 6.45) is 36.0. The molecule has 0 rings (SSSR count). The standard InChI is InChI=1S/C43H88O6/c1-7-36-44-42(45-37-8-2,46-38-9-3)34-32-30-28-26-24-22-20-18-16-14-13-15-17-19-21-23-25-27-29-31-33-35-43(47-39-10-4,48-40-11-5)49-41-12-6/h7-41H2,1-6H3. The summed E-state index contributed by atoms with van der Waals surface area (Å²) in [4.78, 5) is 0. The molecule has 0 unspecified atom stereocenters. The van der Waals surface area contributed by atoms with Crippen LogP contribution < -0.4 is 0 Å². The summed E-state index contributed by atoms with van der Waals surface area (Å²) in [7, 11) is 0. The van der Waals surface area contributed by atoms with E-state index in [9.17, 15) is 0 Å². The van der Waals surface area contributed by atoms with Crippen LogP contribution in [0.2, 0.25) is 0 Å². The third-order valence-electron chi connectivity index (χ3n) is 9.12. The number of rotatable bonds is 42.